The van der Waals surface area contributed by atoms with Crippen LogP contribution in [0.5, 0.6) is 5.75 Å². The Labute approximate surface area is 215 Å². The van der Waals surface area contributed by atoms with Crippen molar-refractivity contribution in [1.29, 1.82) is 0 Å². The lowest BCUT2D eigenvalue weighted by atomic mass is 9.93. The fraction of sp³-hybridized carbons (Fsp3) is 0.423. The molecule has 0 bridgehead atoms. The van der Waals surface area contributed by atoms with Crippen LogP contribution in [0, 0.1) is 5.92 Å². The van der Waals surface area contributed by atoms with Crippen molar-refractivity contribution < 1.29 is 29.0 Å². The minimum Gasteiger partial charge on any atom is -0.494 e. The number of benzene rings is 2. The number of methoxy groups -OCH3 is 1. The van der Waals surface area contributed by atoms with Crippen LogP contribution in [0.4, 0.5) is 0 Å². The zero-order valence-corrected chi connectivity index (χ0v) is 21.9. The average Bonchev–Trinajstić information content (AvgIpc) is 2.84. The van der Waals surface area contributed by atoms with Crippen LogP contribution in [0.3, 0.4) is 0 Å². The molecule has 0 aliphatic rings. The first kappa shape index (κ1) is 28.5. The topological polar surface area (TPSA) is 94.4 Å². The summed E-state index contributed by atoms with van der Waals surface area (Å²) >= 11 is 7.97. The van der Waals surface area contributed by atoms with Crippen molar-refractivity contribution in [2.45, 2.75) is 44.4 Å². The lowest BCUT2D eigenvalue weighted by Gasteiger charge is -2.17. The van der Waals surface area contributed by atoms with Gasteiger partial charge in [0.25, 0.3) is 0 Å². The predicted molar refractivity (Wildman–Crippen MR) is 138 cm³/mol. The van der Waals surface area contributed by atoms with E-state index in [1.807, 2.05) is 43.3 Å². The summed E-state index contributed by atoms with van der Waals surface area (Å²) in [6, 6.07) is 12.9. The van der Waals surface area contributed by atoms with E-state index in [4.69, 9.17) is 21.1 Å². The van der Waals surface area contributed by atoms with Crippen molar-refractivity contribution in [3.8, 4) is 5.75 Å². The van der Waals surface area contributed by atoms with Crippen LogP contribution < -0.4 is 4.74 Å². The smallest absolute Gasteiger partial charge is 0.309 e. The number of oxime groups is 1. The average molecular weight is 522 g/mol. The summed E-state index contributed by atoms with van der Waals surface area (Å²) in [5.74, 6) is 0.703. The van der Waals surface area contributed by atoms with Gasteiger partial charge in [-0.3, -0.25) is 9.59 Å². The second-order valence-electron chi connectivity index (χ2n) is 7.87. The fourth-order valence-electron chi connectivity index (χ4n) is 3.40. The minimum absolute atomic E-state index is 0.177. The fourth-order valence-corrected chi connectivity index (χ4v) is 4.61. The van der Waals surface area contributed by atoms with Gasteiger partial charge in [0.2, 0.25) is 0 Å². The van der Waals surface area contributed by atoms with E-state index < -0.39 is 0 Å². The van der Waals surface area contributed by atoms with E-state index in [2.05, 4.69) is 9.89 Å². The van der Waals surface area contributed by atoms with Gasteiger partial charge >= 0.3 is 11.9 Å². The summed E-state index contributed by atoms with van der Waals surface area (Å²) in [5.41, 5.74) is 2.07. The maximum atomic E-state index is 11.4. The number of carbonyl (C=O) groups is 2. The van der Waals surface area contributed by atoms with Crippen molar-refractivity contribution in [1.82, 2.24) is 0 Å². The standard InChI is InChI=1S/C26H32ClNO6S/c1-4-6-21(17-34-18(2)29)26(28-31)20-8-10-22(11-9-20)33-13-5-14-35-24-12-7-19(15-23(24)27)16-25(30)32-3/h7-12,15,21,31H,4-6,13-14,16-17H2,1-3H3/b28-26+. The Bertz CT molecular complexity index is 996. The second-order valence-corrected chi connectivity index (χ2v) is 9.41. The van der Waals surface area contributed by atoms with Gasteiger partial charge in [0.05, 0.1) is 37.5 Å². The summed E-state index contributed by atoms with van der Waals surface area (Å²) < 4.78 is 15.7. The largest absolute Gasteiger partial charge is 0.494 e. The van der Waals surface area contributed by atoms with Crippen LogP contribution in [0.25, 0.3) is 0 Å². The van der Waals surface area contributed by atoms with Gasteiger partial charge in [-0.2, -0.15) is 0 Å². The number of carbonyl (C=O) groups excluding carboxylic acids is 2. The highest BCUT2D eigenvalue weighted by atomic mass is 35.5. The highest BCUT2D eigenvalue weighted by molar-refractivity contribution is 7.99. The highest BCUT2D eigenvalue weighted by Crippen LogP contribution is 2.29. The highest BCUT2D eigenvalue weighted by Gasteiger charge is 2.19. The number of halogens is 1. The summed E-state index contributed by atoms with van der Waals surface area (Å²) in [6.45, 7) is 4.10. The Hall–Kier alpha value is -2.71. The zero-order chi connectivity index (χ0) is 25.6. The van der Waals surface area contributed by atoms with E-state index in [-0.39, 0.29) is 30.9 Å². The molecule has 0 fully saturated rings. The summed E-state index contributed by atoms with van der Waals surface area (Å²) in [6.07, 6.45) is 2.62. The molecular formula is C26H32ClNO6S. The van der Waals surface area contributed by atoms with Gasteiger partial charge in [0.15, 0.2) is 0 Å². The molecule has 0 radical (unpaired) electrons. The molecule has 0 aromatic heterocycles. The quantitative estimate of drug-likeness (QED) is 0.0841. The van der Waals surface area contributed by atoms with Crippen LogP contribution in [0.2, 0.25) is 5.02 Å². The molecule has 35 heavy (non-hydrogen) atoms. The maximum Gasteiger partial charge on any atom is 0.309 e. The van der Waals surface area contributed by atoms with Crippen molar-refractivity contribution >= 4 is 41.0 Å². The Morgan fingerprint density at radius 2 is 1.91 bits per heavy atom. The van der Waals surface area contributed by atoms with Gasteiger partial charge in [-0.1, -0.05) is 36.2 Å². The molecule has 1 atom stereocenters. The Kier molecular flexibility index (Phi) is 12.5. The van der Waals surface area contributed by atoms with Crippen molar-refractivity contribution in [2.24, 2.45) is 11.1 Å². The first-order chi connectivity index (χ1) is 16.9. The molecule has 2 rings (SSSR count). The van der Waals surface area contributed by atoms with Crippen molar-refractivity contribution in [3.05, 3.63) is 58.6 Å². The number of thioether (sulfide) groups is 1. The number of esters is 2. The zero-order valence-electron chi connectivity index (χ0n) is 20.3. The third-order valence-corrected chi connectivity index (χ3v) is 6.74. The number of rotatable bonds is 14. The van der Waals surface area contributed by atoms with Crippen LogP contribution in [-0.4, -0.2) is 48.9 Å². The lowest BCUT2D eigenvalue weighted by molar-refractivity contribution is -0.142. The summed E-state index contributed by atoms with van der Waals surface area (Å²) in [5, 5.41) is 13.7. The van der Waals surface area contributed by atoms with Gasteiger partial charge in [-0.15, -0.1) is 11.8 Å². The normalized spacial score (nSPS) is 12.2. The SMILES string of the molecule is CCCC(COC(C)=O)/C(=N/O)c1ccc(OCCCSc2ccc(CC(=O)OC)cc2Cl)cc1. The third-order valence-electron chi connectivity index (χ3n) is 5.16. The third kappa shape index (κ3) is 9.82. The maximum absolute atomic E-state index is 11.4. The molecule has 1 N–H and O–H groups in total. The summed E-state index contributed by atoms with van der Waals surface area (Å²) in [4.78, 5) is 23.5. The van der Waals surface area contributed by atoms with Crippen LogP contribution in [-0.2, 0) is 25.5 Å². The van der Waals surface area contributed by atoms with E-state index >= 15 is 0 Å². The molecule has 1 unspecified atom stereocenters. The predicted octanol–water partition coefficient (Wildman–Crippen LogP) is 5.77. The number of hydrogen-bond donors (Lipinski definition) is 1. The first-order valence-corrected chi connectivity index (χ1v) is 12.8. The molecule has 9 heteroatoms. The Morgan fingerprint density at radius 1 is 1.17 bits per heavy atom. The van der Waals surface area contributed by atoms with Crippen LogP contribution >= 0.6 is 23.4 Å². The van der Waals surface area contributed by atoms with E-state index in [0.29, 0.717) is 23.1 Å². The molecule has 0 spiro atoms. The monoisotopic (exact) mass is 521 g/mol. The van der Waals surface area contributed by atoms with Gasteiger partial charge in [0, 0.05) is 23.5 Å². The van der Waals surface area contributed by atoms with E-state index in [9.17, 15) is 14.8 Å². The van der Waals surface area contributed by atoms with E-state index in [1.54, 1.807) is 17.8 Å². The Balaban J connectivity index is 1.82. The molecule has 2 aromatic rings. The first-order valence-electron chi connectivity index (χ1n) is 11.4. The second kappa shape index (κ2) is 15.3. The van der Waals surface area contributed by atoms with Gasteiger partial charge < -0.3 is 19.4 Å². The summed E-state index contributed by atoms with van der Waals surface area (Å²) in [7, 11) is 1.36. The molecule has 2 aromatic carbocycles. The van der Waals surface area contributed by atoms with Gasteiger partial charge in [-0.05, 0) is 60.4 Å². The molecule has 0 saturated heterocycles. The van der Waals surface area contributed by atoms with Crippen molar-refractivity contribution in [3.63, 3.8) is 0 Å². The van der Waals surface area contributed by atoms with E-state index in [0.717, 1.165) is 41.0 Å². The molecule has 7 nitrogen and oxygen atoms in total. The number of hydrogen-bond acceptors (Lipinski definition) is 8. The Morgan fingerprint density at radius 3 is 2.51 bits per heavy atom. The lowest BCUT2D eigenvalue weighted by Crippen LogP contribution is -2.22. The molecule has 0 saturated carbocycles. The van der Waals surface area contributed by atoms with Crippen molar-refractivity contribution in [2.75, 3.05) is 26.1 Å². The minimum atomic E-state index is -0.358. The molecule has 0 amide bonds. The molecular weight excluding hydrogens is 490 g/mol. The number of nitrogens with zero attached hydrogens (tertiary/aromatic N) is 1. The molecule has 190 valence electrons. The molecule has 0 aliphatic heterocycles. The van der Waals surface area contributed by atoms with Crippen LogP contribution in [0.1, 0.15) is 44.2 Å². The molecule has 0 heterocycles. The number of ether oxygens (including phenoxy) is 3. The molecule has 0 aliphatic carbocycles. The van der Waals surface area contributed by atoms with Gasteiger partial charge in [-0.25, -0.2) is 0 Å². The van der Waals surface area contributed by atoms with Gasteiger partial charge in [0.1, 0.15) is 5.75 Å². The van der Waals surface area contributed by atoms with E-state index in [1.165, 1.54) is 14.0 Å². The van der Waals surface area contributed by atoms with Crippen LogP contribution in [0.15, 0.2) is 52.5 Å².